The van der Waals surface area contributed by atoms with Crippen molar-refractivity contribution in [2.45, 2.75) is 26.7 Å². The van der Waals surface area contributed by atoms with Crippen LogP contribution in [0, 0.1) is 22.7 Å². The summed E-state index contributed by atoms with van der Waals surface area (Å²) in [5.74, 6) is 0.317. The molecule has 8 heteroatoms. The van der Waals surface area contributed by atoms with E-state index < -0.39 is 11.9 Å². The Morgan fingerprint density at radius 2 is 1.00 bits per heavy atom. The van der Waals surface area contributed by atoms with Crippen LogP contribution in [0.25, 0.3) is 11.1 Å². The third-order valence-electron chi connectivity index (χ3n) is 5.04. The first-order valence-corrected chi connectivity index (χ1v) is 11.9. The zero-order chi connectivity index (χ0) is 27.9. The minimum absolute atomic E-state index is 0.228. The molecule has 0 radical (unpaired) electrons. The highest BCUT2D eigenvalue weighted by Crippen LogP contribution is 2.28. The molecule has 0 unspecified atom stereocenters. The van der Waals surface area contributed by atoms with Crippen LogP contribution in [0.3, 0.4) is 0 Å². The summed E-state index contributed by atoms with van der Waals surface area (Å²) in [6, 6.07) is 18.0. The number of hydrogen-bond donors (Lipinski definition) is 0. The predicted octanol–water partition coefficient (Wildman–Crippen LogP) is 5.42. The first kappa shape index (κ1) is 29.4. The van der Waals surface area contributed by atoms with Crippen molar-refractivity contribution in [3.63, 3.8) is 0 Å². The van der Waals surface area contributed by atoms with Crippen molar-refractivity contribution in [1.82, 2.24) is 0 Å². The average molecular weight is 515 g/mol. The lowest BCUT2D eigenvalue weighted by Gasteiger charge is -2.10. The first-order valence-electron chi connectivity index (χ1n) is 11.9. The first-order chi connectivity index (χ1) is 18.3. The molecule has 2 rings (SSSR count). The summed E-state index contributed by atoms with van der Waals surface area (Å²) in [5, 5.41) is 19.6. The van der Waals surface area contributed by atoms with Crippen LogP contribution < -0.4 is 9.47 Å². The minimum atomic E-state index is -0.431. The fourth-order valence-corrected chi connectivity index (χ4v) is 3.04. The molecule has 0 spiro atoms. The summed E-state index contributed by atoms with van der Waals surface area (Å²) in [6.45, 7) is 11.4. The molecule has 0 N–H and O–H groups in total. The van der Waals surface area contributed by atoms with Gasteiger partial charge in [0, 0.05) is 24.0 Å². The van der Waals surface area contributed by atoms with Crippen LogP contribution in [0.5, 0.6) is 11.5 Å². The van der Waals surface area contributed by atoms with Crippen LogP contribution in [0.4, 0.5) is 0 Å². The lowest BCUT2D eigenvalue weighted by molar-refractivity contribution is -0.140. The number of hydrogen-bond acceptors (Lipinski definition) is 8. The number of carbonyl (C=O) groups is 2. The van der Waals surface area contributed by atoms with Crippen molar-refractivity contribution in [3.8, 4) is 23.6 Å². The van der Waals surface area contributed by atoms with Crippen molar-refractivity contribution in [1.29, 1.82) is 10.5 Å². The van der Waals surface area contributed by atoms with Crippen LogP contribution in [0.1, 0.15) is 37.8 Å². The van der Waals surface area contributed by atoms with E-state index in [1.165, 1.54) is 0 Å². The van der Waals surface area contributed by atoms with Gasteiger partial charge in [0.2, 0.25) is 0 Å². The number of carbonyl (C=O) groups excluding carboxylic acids is 2. The monoisotopic (exact) mass is 514 g/mol. The smallest absolute Gasteiger partial charge is 0.333 e. The fourth-order valence-electron chi connectivity index (χ4n) is 3.04. The molecule has 0 aromatic heterocycles. The van der Waals surface area contributed by atoms with Crippen molar-refractivity contribution in [2.24, 2.45) is 0 Å². The Morgan fingerprint density at radius 1 is 0.658 bits per heavy atom. The van der Waals surface area contributed by atoms with Gasteiger partial charge in [0.25, 0.3) is 0 Å². The molecule has 2 aromatic carbocycles. The number of nitriles is 2. The molecule has 8 nitrogen and oxygen atoms in total. The van der Waals surface area contributed by atoms with Gasteiger partial charge < -0.3 is 18.9 Å². The van der Waals surface area contributed by atoms with Gasteiger partial charge in [-0.3, -0.25) is 0 Å². The van der Waals surface area contributed by atoms with E-state index >= 15 is 0 Å². The van der Waals surface area contributed by atoms with Gasteiger partial charge in [0.15, 0.2) is 0 Å². The summed E-state index contributed by atoms with van der Waals surface area (Å²) in [5.41, 5.74) is 2.32. The van der Waals surface area contributed by atoms with Gasteiger partial charge in [0.05, 0.1) is 37.6 Å². The second-order valence-electron chi connectivity index (χ2n) is 8.26. The number of benzene rings is 2. The topological polar surface area (TPSA) is 119 Å². The van der Waals surface area contributed by atoms with E-state index in [1.807, 2.05) is 0 Å². The Balaban J connectivity index is 1.96. The second-order valence-corrected chi connectivity index (χ2v) is 8.26. The summed E-state index contributed by atoms with van der Waals surface area (Å²) in [7, 11) is 0. The third kappa shape index (κ3) is 9.33. The maximum absolute atomic E-state index is 11.4. The number of rotatable bonds is 14. The highest BCUT2D eigenvalue weighted by molar-refractivity contribution is 6.02. The highest BCUT2D eigenvalue weighted by atomic mass is 16.5. The molecule has 38 heavy (non-hydrogen) atoms. The standard InChI is InChI=1S/C30H30N2O6/c1-21(2)29(33)37-17-5-15-35-25-11-7-23(8-12-25)27(19-31)28(20-32)24-9-13-26(14-10-24)36-16-6-18-38-30(34)22(3)4/h7-14H,1,3,5-6,15-18H2,2,4H3/b28-27+. The van der Waals surface area contributed by atoms with E-state index in [1.54, 1.807) is 62.4 Å². The molecule has 0 heterocycles. The fraction of sp³-hybridized carbons (Fsp3) is 0.267. The number of allylic oxidation sites excluding steroid dienone is 2. The summed E-state index contributed by atoms with van der Waals surface area (Å²) >= 11 is 0. The van der Waals surface area contributed by atoms with Gasteiger partial charge >= 0.3 is 11.9 Å². The zero-order valence-electron chi connectivity index (χ0n) is 21.6. The predicted molar refractivity (Wildman–Crippen MR) is 143 cm³/mol. The van der Waals surface area contributed by atoms with E-state index in [2.05, 4.69) is 25.3 Å². The van der Waals surface area contributed by atoms with E-state index in [9.17, 15) is 20.1 Å². The molecule has 196 valence electrons. The Morgan fingerprint density at radius 3 is 1.29 bits per heavy atom. The SMILES string of the molecule is C=C(C)C(=O)OCCCOc1ccc(/C(C#N)=C(\C#N)c2ccc(OCCCOC(=O)C(=C)C)cc2)cc1. The maximum atomic E-state index is 11.4. The number of esters is 2. The van der Waals surface area contributed by atoms with E-state index in [-0.39, 0.29) is 24.4 Å². The second kappa shape index (κ2) is 15.3. The van der Waals surface area contributed by atoms with Crippen molar-refractivity contribution in [2.75, 3.05) is 26.4 Å². The van der Waals surface area contributed by atoms with Crippen LogP contribution >= 0.6 is 0 Å². The molecule has 0 saturated heterocycles. The number of nitrogens with zero attached hydrogens (tertiary/aromatic N) is 2. The average Bonchev–Trinajstić information content (AvgIpc) is 2.91. The van der Waals surface area contributed by atoms with Gasteiger partial charge in [-0.05, 0) is 73.5 Å². The van der Waals surface area contributed by atoms with Crippen LogP contribution in [0.2, 0.25) is 0 Å². The highest BCUT2D eigenvalue weighted by Gasteiger charge is 2.12. The van der Waals surface area contributed by atoms with Gasteiger partial charge in [0.1, 0.15) is 23.6 Å². The lowest BCUT2D eigenvalue weighted by Crippen LogP contribution is -2.09. The summed E-state index contributed by atoms with van der Waals surface area (Å²) < 4.78 is 21.3. The summed E-state index contributed by atoms with van der Waals surface area (Å²) in [4.78, 5) is 22.7. The van der Waals surface area contributed by atoms with E-state index in [4.69, 9.17) is 18.9 Å². The maximum Gasteiger partial charge on any atom is 0.333 e. The molecule has 0 amide bonds. The molecule has 0 aliphatic rings. The molecule has 0 fully saturated rings. The third-order valence-corrected chi connectivity index (χ3v) is 5.04. The summed E-state index contributed by atoms with van der Waals surface area (Å²) in [6.07, 6.45) is 1.04. The van der Waals surface area contributed by atoms with Gasteiger partial charge in [-0.25, -0.2) is 9.59 Å². The van der Waals surface area contributed by atoms with Crippen molar-refractivity contribution in [3.05, 3.63) is 84.0 Å². The minimum Gasteiger partial charge on any atom is -0.493 e. The van der Waals surface area contributed by atoms with Crippen LogP contribution in [0.15, 0.2) is 72.8 Å². The van der Waals surface area contributed by atoms with Crippen molar-refractivity contribution < 1.29 is 28.5 Å². The molecular weight excluding hydrogens is 484 g/mol. The molecule has 0 saturated carbocycles. The van der Waals surface area contributed by atoms with Crippen LogP contribution in [-0.2, 0) is 19.1 Å². The quantitative estimate of drug-likeness (QED) is 0.108. The zero-order valence-corrected chi connectivity index (χ0v) is 21.6. The van der Waals surface area contributed by atoms with Gasteiger partial charge in [-0.2, -0.15) is 10.5 Å². The molecular formula is C30H30N2O6. The molecule has 0 atom stereocenters. The molecule has 0 aliphatic carbocycles. The Bertz CT molecular complexity index is 1160. The molecule has 2 aromatic rings. The normalized spacial score (nSPS) is 10.7. The lowest BCUT2D eigenvalue weighted by atomic mass is 9.96. The van der Waals surface area contributed by atoms with Gasteiger partial charge in [-0.15, -0.1) is 0 Å². The Hall–Kier alpha value is -4.82. The van der Waals surface area contributed by atoms with Gasteiger partial charge in [-0.1, -0.05) is 13.2 Å². The Labute approximate surface area is 223 Å². The van der Waals surface area contributed by atoms with E-state index in [0.717, 1.165) is 0 Å². The Kier molecular flexibility index (Phi) is 11.9. The molecule has 0 bridgehead atoms. The number of ether oxygens (including phenoxy) is 4. The van der Waals surface area contributed by atoms with Crippen molar-refractivity contribution >= 4 is 23.1 Å². The largest absolute Gasteiger partial charge is 0.493 e. The molecule has 0 aliphatic heterocycles. The van der Waals surface area contributed by atoms with Crippen LogP contribution in [-0.4, -0.2) is 38.4 Å². The van der Waals surface area contributed by atoms with E-state index in [0.29, 0.717) is 59.8 Å².